The highest BCUT2D eigenvalue weighted by Crippen LogP contribution is 2.38. The highest BCUT2D eigenvalue weighted by Gasteiger charge is 2.29. The summed E-state index contributed by atoms with van der Waals surface area (Å²) in [5, 5.41) is 3.74. The minimum Gasteiger partial charge on any atom is -0.497 e. The van der Waals surface area contributed by atoms with Gasteiger partial charge in [-0.15, -0.1) is 0 Å². The fourth-order valence-electron chi connectivity index (χ4n) is 3.74. The lowest BCUT2D eigenvalue weighted by atomic mass is 10.0. The van der Waals surface area contributed by atoms with Crippen LogP contribution >= 0.6 is 11.6 Å². The number of hydrogen-bond acceptors (Lipinski definition) is 4. The summed E-state index contributed by atoms with van der Waals surface area (Å²) in [7, 11) is 3.31. The molecule has 0 aromatic heterocycles. The van der Waals surface area contributed by atoms with E-state index in [1.807, 2.05) is 42.5 Å². The highest BCUT2D eigenvalue weighted by molar-refractivity contribution is 6.30. The zero-order valence-electron chi connectivity index (χ0n) is 16.4. The van der Waals surface area contributed by atoms with E-state index in [-0.39, 0.29) is 11.9 Å². The van der Waals surface area contributed by atoms with E-state index in [0.29, 0.717) is 13.1 Å². The molecule has 1 fully saturated rings. The second-order valence-corrected chi connectivity index (χ2v) is 7.40. The number of rotatable bonds is 8. The molecule has 1 atom stereocenters. The number of benzene rings is 2. The van der Waals surface area contributed by atoms with Gasteiger partial charge in [0.05, 0.1) is 20.8 Å². The molecule has 150 valence electrons. The van der Waals surface area contributed by atoms with E-state index >= 15 is 0 Å². The molecule has 1 amide bonds. The number of likely N-dealkylation sites (tertiary alicyclic amines) is 1. The van der Waals surface area contributed by atoms with Crippen molar-refractivity contribution < 1.29 is 14.3 Å². The Balaban J connectivity index is 1.56. The number of carbonyl (C=O) groups is 1. The first-order valence-corrected chi connectivity index (χ1v) is 9.95. The Morgan fingerprint density at radius 1 is 1.21 bits per heavy atom. The summed E-state index contributed by atoms with van der Waals surface area (Å²) in [6.45, 7) is 1.89. The Morgan fingerprint density at radius 2 is 2.07 bits per heavy atom. The molecule has 0 radical (unpaired) electrons. The molecule has 1 saturated heterocycles. The first-order chi connectivity index (χ1) is 13.6. The molecule has 1 N–H and O–H groups in total. The fraction of sp³-hybridized carbons (Fsp3) is 0.409. The van der Waals surface area contributed by atoms with Gasteiger partial charge in [0.15, 0.2) is 0 Å². The van der Waals surface area contributed by atoms with Crippen LogP contribution < -0.4 is 14.8 Å². The molecular weight excluding hydrogens is 376 g/mol. The van der Waals surface area contributed by atoms with Crippen LogP contribution in [-0.2, 0) is 11.2 Å². The number of hydrogen-bond donors (Lipinski definition) is 1. The third-order valence-corrected chi connectivity index (χ3v) is 5.37. The van der Waals surface area contributed by atoms with Crippen LogP contribution in [0.25, 0.3) is 0 Å². The van der Waals surface area contributed by atoms with Gasteiger partial charge in [-0.2, -0.15) is 0 Å². The zero-order valence-corrected chi connectivity index (χ0v) is 17.2. The largest absolute Gasteiger partial charge is 0.497 e. The molecular formula is C22H27ClN2O3. The lowest BCUT2D eigenvalue weighted by Crippen LogP contribution is -2.37. The lowest BCUT2D eigenvalue weighted by Gasteiger charge is -2.26. The molecule has 1 aliphatic heterocycles. The maximum atomic E-state index is 12.5. The summed E-state index contributed by atoms with van der Waals surface area (Å²) in [6, 6.07) is 13.8. The number of ether oxygens (including phenoxy) is 2. The quantitative estimate of drug-likeness (QED) is 0.728. The Labute approximate surface area is 171 Å². The molecule has 2 aromatic carbocycles. The Kier molecular flexibility index (Phi) is 7.18. The van der Waals surface area contributed by atoms with Crippen molar-refractivity contribution in [2.24, 2.45) is 0 Å². The summed E-state index contributed by atoms with van der Waals surface area (Å²) >= 11 is 6.01. The Hall–Kier alpha value is -2.24. The van der Waals surface area contributed by atoms with Crippen molar-refractivity contribution in [3.63, 3.8) is 0 Å². The van der Waals surface area contributed by atoms with E-state index in [0.717, 1.165) is 53.5 Å². The van der Waals surface area contributed by atoms with Gasteiger partial charge in [0, 0.05) is 29.2 Å². The molecule has 0 saturated carbocycles. The van der Waals surface area contributed by atoms with Gasteiger partial charge in [-0.3, -0.25) is 9.69 Å². The number of halogens is 1. The highest BCUT2D eigenvalue weighted by atomic mass is 35.5. The maximum absolute atomic E-state index is 12.5. The molecule has 2 aromatic rings. The van der Waals surface area contributed by atoms with Gasteiger partial charge in [0.1, 0.15) is 11.5 Å². The van der Waals surface area contributed by atoms with Crippen LogP contribution in [0.1, 0.15) is 30.0 Å². The number of nitrogens with zero attached hydrogens (tertiary/aromatic N) is 1. The molecule has 0 bridgehead atoms. The molecule has 6 heteroatoms. The smallest absolute Gasteiger partial charge is 0.234 e. The molecule has 1 heterocycles. The van der Waals surface area contributed by atoms with Gasteiger partial charge in [-0.1, -0.05) is 29.8 Å². The lowest BCUT2D eigenvalue weighted by molar-refractivity contribution is -0.122. The van der Waals surface area contributed by atoms with Crippen molar-refractivity contribution in [3.05, 3.63) is 58.6 Å². The molecule has 5 nitrogen and oxygen atoms in total. The Morgan fingerprint density at radius 3 is 2.82 bits per heavy atom. The van der Waals surface area contributed by atoms with Crippen molar-refractivity contribution in [1.82, 2.24) is 10.2 Å². The van der Waals surface area contributed by atoms with Crippen LogP contribution in [0.4, 0.5) is 0 Å². The van der Waals surface area contributed by atoms with Crippen LogP contribution in [0, 0.1) is 0 Å². The predicted octanol–water partition coefficient (Wildman–Crippen LogP) is 3.85. The van der Waals surface area contributed by atoms with Gasteiger partial charge < -0.3 is 14.8 Å². The van der Waals surface area contributed by atoms with Crippen LogP contribution in [-0.4, -0.2) is 44.7 Å². The second-order valence-electron chi connectivity index (χ2n) is 6.97. The number of methoxy groups -OCH3 is 2. The van der Waals surface area contributed by atoms with E-state index in [4.69, 9.17) is 21.1 Å². The second kappa shape index (κ2) is 9.80. The van der Waals surface area contributed by atoms with E-state index in [1.54, 1.807) is 14.2 Å². The van der Waals surface area contributed by atoms with Gasteiger partial charge in [0.2, 0.25) is 5.91 Å². The molecule has 0 aliphatic carbocycles. The molecule has 1 unspecified atom stereocenters. The van der Waals surface area contributed by atoms with Crippen molar-refractivity contribution in [1.29, 1.82) is 0 Å². The predicted molar refractivity (Wildman–Crippen MR) is 111 cm³/mol. The minimum atomic E-state index is 0.0430. The number of amides is 1. The monoisotopic (exact) mass is 402 g/mol. The average molecular weight is 403 g/mol. The normalized spacial score (nSPS) is 16.8. The molecule has 0 spiro atoms. The van der Waals surface area contributed by atoms with Crippen LogP contribution in [0.2, 0.25) is 5.02 Å². The number of nitrogens with one attached hydrogen (secondary N) is 1. The van der Waals surface area contributed by atoms with Crippen LogP contribution in [0.15, 0.2) is 42.5 Å². The summed E-state index contributed by atoms with van der Waals surface area (Å²) in [5.41, 5.74) is 2.22. The average Bonchev–Trinajstić information content (AvgIpc) is 3.15. The van der Waals surface area contributed by atoms with Crippen molar-refractivity contribution in [3.8, 4) is 11.5 Å². The first-order valence-electron chi connectivity index (χ1n) is 9.58. The van der Waals surface area contributed by atoms with E-state index in [2.05, 4.69) is 10.2 Å². The minimum absolute atomic E-state index is 0.0430. The van der Waals surface area contributed by atoms with E-state index in [9.17, 15) is 4.79 Å². The summed E-state index contributed by atoms with van der Waals surface area (Å²) in [6.07, 6.45) is 2.84. The molecule has 1 aliphatic rings. The SMILES string of the molecule is COc1ccc(C2CCCN2CC(=O)NCCc2cccc(Cl)c2)c(OC)c1. The van der Waals surface area contributed by atoms with Crippen molar-refractivity contribution >= 4 is 17.5 Å². The third kappa shape index (κ3) is 5.18. The number of carbonyl (C=O) groups excluding carboxylic acids is 1. The third-order valence-electron chi connectivity index (χ3n) is 5.13. The van der Waals surface area contributed by atoms with Gasteiger partial charge in [-0.25, -0.2) is 0 Å². The van der Waals surface area contributed by atoms with Crippen LogP contribution in [0.5, 0.6) is 11.5 Å². The van der Waals surface area contributed by atoms with E-state index < -0.39 is 0 Å². The maximum Gasteiger partial charge on any atom is 0.234 e. The standard InChI is InChI=1S/C22H27ClN2O3/c1-27-18-8-9-19(21(14-18)28-2)20-7-4-12-25(20)15-22(26)24-11-10-16-5-3-6-17(23)13-16/h3,5-6,8-9,13-14,20H,4,7,10-12,15H2,1-2H3,(H,24,26). The first kappa shape index (κ1) is 20.5. The van der Waals surface area contributed by atoms with Crippen molar-refractivity contribution in [2.75, 3.05) is 33.9 Å². The molecule has 3 rings (SSSR count). The topological polar surface area (TPSA) is 50.8 Å². The molecule has 28 heavy (non-hydrogen) atoms. The fourth-order valence-corrected chi connectivity index (χ4v) is 3.95. The summed E-state index contributed by atoms with van der Waals surface area (Å²) in [4.78, 5) is 14.7. The Bertz CT molecular complexity index is 812. The van der Waals surface area contributed by atoms with E-state index in [1.165, 1.54) is 0 Å². The summed E-state index contributed by atoms with van der Waals surface area (Å²) in [5.74, 6) is 1.61. The van der Waals surface area contributed by atoms with Crippen LogP contribution in [0.3, 0.4) is 0 Å². The zero-order chi connectivity index (χ0) is 19.9. The van der Waals surface area contributed by atoms with Gasteiger partial charge in [-0.05, 0) is 49.6 Å². The van der Waals surface area contributed by atoms with Gasteiger partial charge in [0.25, 0.3) is 0 Å². The van der Waals surface area contributed by atoms with Gasteiger partial charge >= 0.3 is 0 Å². The summed E-state index contributed by atoms with van der Waals surface area (Å²) < 4.78 is 10.8. The van der Waals surface area contributed by atoms with Crippen molar-refractivity contribution in [2.45, 2.75) is 25.3 Å².